The first-order chi connectivity index (χ1) is 8.74. The van der Waals surface area contributed by atoms with Crippen LogP contribution in [-0.2, 0) is 6.54 Å². The van der Waals surface area contributed by atoms with Crippen LogP contribution in [0.25, 0.3) is 11.1 Å². The van der Waals surface area contributed by atoms with Gasteiger partial charge >= 0.3 is 5.76 Å². The lowest BCUT2D eigenvalue weighted by molar-refractivity contribution is 0.175. The van der Waals surface area contributed by atoms with Gasteiger partial charge in [0.1, 0.15) is 0 Å². The van der Waals surface area contributed by atoms with Crippen LogP contribution in [0.4, 0.5) is 0 Å². The number of rotatable bonds is 3. The number of para-hydroxylation sites is 2. The quantitative estimate of drug-likeness (QED) is 0.867. The molecule has 1 aliphatic rings. The molecule has 3 rings (SSSR count). The lowest BCUT2D eigenvalue weighted by Crippen LogP contribution is -2.28. The summed E-state index contributed by atoms with van der Waals surface area (Å²) in [6, 6.07) is 7.44. The monoisotopic (exact) mass is 248 g/mol. The van der Waals surface area contributed by atoms with Crippen molar-refractivity contribution in [1.82, 2.24) is 9.47 Å². The van der Waals surface area contributed by atoms with Crippen molar-refractivity contribution in [2.45, 2.75) is 19.1 Å². The summed E-state index contributed by atoms with van der Waals surface area (Å²) in [7, 11) is 0. The van der Waals surface area contributed by atoms with Crippen LogP contribution in [0.15, 0.2) is 33.5 Å². The van der Waals surface area contributed by atoms with Crippen molar-refractivity contribution in [3.8, 4) is 0 Å². The highest BCUT2D eigenvalue weighted by atomic mass is 16.4. The van der Waals surface area contributed by atoms with Gasteiger partial charge in [0.05, 0.1) is 11.6 Å². The standard InChI is InChI=1S/C13H16N2O3/c16-10-5-6-14(9-10)7-8-15-11-3-1-2-4-12(11)18-13(15)17/h1-4,10,16H,5-9H2/t10-/m0/s1. The fourth-order valence-corrected chi connectivity index (χ4v) is 2.48. The van der Waals surface area contributed by atoms with Gasteiger partial charge in [-0.25, -0.2) is 4.79 Å². The molecular formula is C13H16N2O3. The molecule has 0 saturated carbocycles. The predicted octanol–water partition coefficient (Wildman–Crippen LogP) is 0.661. The van der Waals surface area contributed by atoms with Crippen LogP contribution in [0.1, 0.15) is 6.42 Å². The molecule has 0 aliphatic carbocycles. The van der Waals surface area contributed by atoms with Crippen molar-refractivity contribution >= 4 is 11.1 Å². The maximum Gasteiger partial charge on any atom is 0.419 e. The first-order valence-electron chi connectivity index (χ1n) is 6.23. The van der Waals surface area contributed by atoms with Gasteiger partial charge in [-0.05, 0) is 18.6 Å². The molecule has 0 unspecified atom stereocenters. The molecule has 1 saturated heterocycles. The van der Waals surface area contributed by atoms with Crippen molar-refractivity contribution in [3.05, 3.63) is 34.8 Å². The summed E-state index contributed by atoms with van der Waals surface area (Å²) in [6.45, 7) is 2.96. The fraction of sp³-hybridized carbons (Fsp3) is 0.462. The third-order valence-corrected chi connectivity index (χ3v) is 3.46. The van der Waals surface area contributed by atoms with Gasteiger partial charge in [-0.15, -0.1) is 0 Å². The lowest BCUT2D eigenvalue weighted by Gasteiger charge is -2.14. The smallest absolute Gasteiger partial charge is 0.408 e. The molecule has 5 heteroatoms. The van der Waals surface area contributed by atoms with Crippen molar-refractivity contribution in [2.75, 3.05) is 19.6 Å². The number of β-amino-alcohol motifs (C(OH)–C–C–N with tert-alkyl or cyclic N) is 1. The van der Waals surface area contributed by atoms with Gasteiger partial charge < -0.3 is 9.52 Å². The van der Waals surface area contributed by atoms with Crippen LogP contribution in [0, 0.1) is 0 Å². The molecule has 2 aromatic rings. The number of hydrogen-bond acceptors (Lipinski definition) is 4. The van der Waals surface area contributed by atoms with E-state index < -0.39 is 0 Å². The highest BCUT2D eigenvalue weighted by Gasteiger charge is 2.20. The summed E-state index contributed by atoms with van der Waals surface area (Å²) in [5.74, 6) is -0.309. The minimum atomic E-state index is -0.309. The van der Waals surface area contributed by atoms with E-state index >= 15 is 0 Å². The third-order valence-electron chi connectivity index (χ3n) is 3.46. The zero-order valence-corrected chi connectivity index (χ0v) is 10.1. The number of aliphatic hydroxyl groups excluding tert-OH is 1. The molecule has 0 spiro atoms. The largest absolute Gasteiger partial charge is 0.419 e. The van der Waals surface area contributed by atoms with E-state index in [1.54, 1.807) is 10.6 Å². The van der Waals surface area contributed by atoms with E-state index in [2.05, 4.69) is 4.90 Å². The number of fused-ring (bicyclic) bond motifs is 1. The van der Waals surface area contributed by atoms with Crippen molar-refractivity contribution in [2.24, 2.45) is 0 Å². The zero-order chi connectivity index (χ0) is 12.5. The predicted molar refractivity (Wildman–Crippen MR) is 67.5 cm³/mol. The van der Waals surface area contributed by atoms with Crippen LogP contribution in [0.3, 0.4) is 0 Å². The molecule has 2 heterocycles. The van der Waals surface area contributed by atoms with E-state index in [9.17, 15) is 9.90 Å². The maximum absolute atomic E-state index is 11.7. The molecule has 0 bridgehead atoms. The second-order valence-electron chi connectivity index (χ2n) is 4.73. The Bertz CT molecular complexity index is 602. The number of benzene rings is 1. The van der Waals surface area contributed by atoms with Crippen LogP contribution in [0.5, 0.6) is 0 Å². The van der Waals surface area contributed by atoms with E-state index in [0.717, 1.165) is 25.0 Å². The Morgan fingerprint density at radius 3 is 2.94 bits per heavy atom. The fourth-order valence-electron chi connectivity index (χ4n) is 2.48. The number of nitrogens with zero attached hydrogens (tertiary/aromatic N) is 2. The van der Waals surface area contributed by atoms with Gasteiger partial charge in [-0.3, -0.25) is 9.47 Å². The van der Waals surface area contributed by atoms with E-state index in [4.69, 9.17) is 4.42 Å². The summed E-state index contributed by atoms with van der Waals surface area (Å²) in [4.78, 5) is 13.9. The molecule has 1 atom stereocenters. The summed E-state index contributed by atoms with van der Waals surface area (Å²) in [6.07, 6.45) is 0.601. The Morgan fingerprint density at radius 1 is 1.33 bits per heavy atom. The molecule has 1 aliphatic heterocycles. The molecule has 0 radical (unpaired) electrons. The lowest BCUT2D eigenvalue weighted by atomic mass is 10.3. The summed E-state index contributed by atoms with van der Waals surface area (Å²) in [5.41, 5.74) is 1.46. The molecule has 1 fully saturated rings. The molecule has 96 valence electrons. The van der Waals surface area contributed by atoms with E-state index in [0.29, 0.717) is 18.7 Å². The Morgan fingerprint density at radius 2 is 2.17 bits per heavy atom. The normalized spacial score (nSPS) is 20.8. The highest BCUT2D eigenvalue weighted by Crippen LogP contribution is 2.13. The van der Waals surface area contributed by atoms with Gasteiger partial charge in [-0.1, -0.05) is 12.1 Å². The van der Waals surface area contributed by atoms with Crippen LogP contribution >= 0.6 is 0 Å². The number of oxazole rings is 1. The van der Waals surface area contributed by atoms with E-state index in [1.165, 1.54) is 0 Å². The molecule has 1 aromatic carbocycles. The minimum Gasteiger partial charge on any atom is -0.408 e. The average molecular weight is 248 g/mol. The molecule has 5 nitrogen and oxygen atoms in total. The molecule has 1 aromatic heterocycles. The second kappa shape index (κ2) is 4.59. The Hall–Kier alpha value is -1.59. The summed E-state index contributed by atoms with van der Waals surface area (Å²) in [5, 5.41) is 9.45. The number of hydrogen-bond donors (Lipinski definition) is 1. The highest BCUT2D eigenvalue weighted by molar-refractivity contribution is 5.72. The minimum absolute atomic E-state index is 0.220. The van der Waals surface area contributed by atoms with Gasteiger partial charge in [0.2, 0.25) is 0 Å². The number of aliphatic hydroxyl groups is 1. The van der Waals surface area contributed by atoms with Gasteiger partial charge in [0.25, 0.3) is 0 Å². The second-order valence-corrected chi connectivity index (χ2v) is 4.73. The number of likely N-dealkylation sites (tertiary alicyclic amines) is 1. The molecule has 18 heavy (non-hydrogen) atoms. The SMILES string of the molecule is O=c1oc2ccccc2n1CCN1CC[C@H](O)C1. The third kappa shape index (κ3) is 2.07. The average Bonchev–Trinajstić information content (AvgIpc) is 2.90. The van der Waals surface area contributed by atoms with Crippen molar-refractivity contribution in [1.29, 1.82) is 0 Å². The maximum atomic E-state index is 11.7. The first-order valence-corrected chi connectivity index (χ1v) is 6.23. The summed E-state index contributed by atoms with van der Waals surface area (Å²) >= 11 is 0. The zero-order valence-electron chi connectivity index (χ0n) is 10.1. The van der Waals surface area contributed by atoms with Crippen molar-refractivity contribution in [3.63, 3.8) is 0 Å². The molecular weight excluding hydrogens is 232 g/mol. The Labute approximate surface area is 104 Å². The van der Waals surface area contributed by atoms with Gasteiger partial charge in [0.15, 0.2) is 5.58 Å². The van der Waals surface area contributed by atoms with Gasteiger partial charge in [0, 0.05) is 26.2 Å². The van der Waals surface area contributed by atoms with Gasteiger partial charge in [-0.2, -0.15) is 0 Å². The van der Waals surface area contributed by atoms with Crippen LogP contribution < -0.4 is 5.76 Å². The first kappa shape index (κ1) is 11.5. The van der Waals surface area contributed by atoms with E-state index in [1.807, 2.05) is 18.2 Å². The van der Waals surface area contributed by atoms with Crippen molar-refractivity contribution < 1.29 is 9.52 Å². The van der Waals surface area contributed by atoms with E-state index in [-0.39, 0.29) is 11.9 Å². The molecule has 1 N–H and O–H groups in total. The topological polar surface area (TPSA) is 58.6 Å². The number of aromatic nitrogens is 1. The summed E-state index contributed by atoms with van der Waals surface area (Å²) < 4.78 is 6.83. The van der Waals surface area contributed by atoms with Crippen LogP contribution in [-0.4, -0.2) is 40.3 Å². The Balaban J connectivity index is 1.78. The molecule has 0 amide bonds. The Kier molecular flexibility index (Phi) is 2.93. The van der Waals surface area contributed by atoms with Crippen LogP contribution in [0.2, 0.25) is 0 Å².